The molecule has 0 bridgehead atoms. The summed E-state index contributed by atoms with van der Waals surface area (Å²) in [6.45, 7) is 4.21. The van der Waals surface area contributed by atoms with E-state index in [1.165, 1.54) is 5.57 Å². The zero-order chi connectivity index (χ0) is 14.4. The lowest BCUT2D eigenvalue weighted by Crippen LogP contribution is -2.58. The largest absolute Gasteiger partial charge is 0.424 e. The summed E-state index contributed by atoms with van der Waals surface area (Å²) in [7, 11) is -2.61. The fourth-order valence-electron chi connectivity index (χ4n) is 2.45. The fraction of sp³-hybridized carbons (Fsp3) is 0.222. The third-order valence-corrected chi connectivity index (χ3v) is 7.15. The normalized spacial score (nSPS) is 11.2. The highest BCUT2D eigenvalue weighted by Crippen LogP contribution is 2.12. The van der Waals surface area contributed by atoms with E-state index in [0.29, 0.717) is 0 Å². The van der Waals surface area contributed by atoms with Gasteiger partial charge in [-0.2, -0.15) is 0 Å². The first kappa shape index (κ1) is 14.8. The quantitative estimate of drug-likeness (QED) is 0.660. The average molecular weight is 282 g/mol. The standard InChI is InChI=1S/C18H22OSi/c1-16(2)10-9-15-20(19,17-11-5-3-6-12-17)18-13-7-4-8-14-18/h3-8,10-14,19H,9,15H2,1-2H3. The molecule has 0 amide bonds. The molecule has 20 heavy (non-hydrogen) atoms. The van der Waals surface area contributed by atoms with Gasteiger partial charge in [0.2, 0.25) is 0 Å². The van der Waals surface area contributed by atoms with Crippen LogP contribution in [0.5, 0.6) is 0 Å². The number of benzene rings is 2. The molecule has 2 heteroatoms. The molecule has 1 N–H and O–H groups in total. The molecule has 0 spiro atoms. The first-order valence-electron chi connectivity index (χ1n) is 7.10. The van der Waals surface area contributed by atoms with Crippen LogP contribution in [0, 0.1) is 0 Å². The second-order valence-electron chi connectivity index (χ2n) is 5.41. The van der Waals surface area contributed by atoms with Crippen LogP contribution >= 0.6 is 0 Å². The Balaban J connectivity index is 2.36. The molecule has 2 rings (SSSR count). The van der Waals surface area contributed by atoms with Crippen molar-refractivity contribution in [2.75, 3.05) is 0 Å². The zero-order valence-corrected chi connectivity index (χ0v) is 13.2. The summed E-state index contributed by atoms with van der Waals surface area (Å²) >= 11 is 0. The number of hydrogen-bond acceptors (Lipinski definition) is 1. The molecule has 104 valence electrons. The SMILES string of the molecule is CC(C)=CCC[Si](O)(c1ccccc1)c1ccccc1. The molecule has 1 nitrogen and oxygen atoms in total. The summed E-state index contributed by atoms with van der Waals surface area (Å²) in [6, 6.07) is 21.1. The maximum Gasteiger partial charge on any atom is 0.252 e. The highest BCUT2D eigenvalue weighted by atomic mass is 28.4. The number of hydrogen-bond donors (Lipinski definition) is 1. The van der Waals surface area contributed by atoms with Gasteiger partial charge in [0.05, 0.1) is 0 Å². The monoisotopic (exact) mass is 282 g/mol. The van der Waals surface area contributed by atoms with E-state index in [1.54, 1.807) is 0 Å². The Hall–Kier alpha value is -1.64. The van der Waals surface area contributed by atoms with Gasteiger partial charge in [-0.25, -0.2) is 0 Å². The van der Waals surface area contributed by atoms with Crippen molar-refractivity contribution in [1.82, 2.24) is 0 Å². The summed E-state index contributed by atoms with van der Waals surface area (Å²) in [5.41, 5.74) is 1.31. The highest BCUT2D eigenvalue weighted by molar-refractivity contribution is 6.96. The van der Waals surface area contributed by atoms with Gasteiger partial charge < -0.3 is 4.80 Å². The van der Waals surface area contributed by atoms with E-state index in [2.05, 4.69) is 44.2 Å². The van der Waals surface area contributed by atoms with Crippen LogP contribution < -0.4 is 10.4 Å². The Kier molecular flexibility index (Phi) is 4.93. The molecule has 0 aromatic heterocycles. The van der Waals surface area contributed by atoms with Gasteiger partial charge in [-0.1, -0.05) is 72.3 Å². The zero-order valence-electron chi connectivity index (χ0n) is 12.2. The molecule has 0 aliphatic rings. The van der Waals surface area contributed by atoms with Crippen LogP contribution in [0.25, 0.3) is 0 Å². The van der Waals surface area contributed by atoms with E-state index in [4.69, 9.17) is 0 Å². The van der Waals surface area contributed by atoms with Crippen LogP contribution in [-0.4, -0.2) is 13.1 Å². The van der Waals surface area contributed by atoms with Crippen LogP contribution in [0.4, 0.5) is 0 Å². The van der Waals surface area contributed by atoms with Gasteiger partial charge in [-0.3, -0.25) is 0 Å². The molecule has 0 aliphatic carbocycles. The molecule has 0 radical (unpaired) electrons. The van der Waals surface area contributed by atoms with E-state index < -0.39 is 8.32 Å². The minimum Gasteiger partial charge on any atom is -0.424 e. The van der Waals surface area contributed by atoms with Gasteiger partial charge in [-0.05, 0) is 36.7 Å². The molecule has 0 saturated heterocycles. The summed E-state index contributed by atoms with van der Waals surface area (Å²) in [4.78, 5) is 11.4. The summed E-state index contributed by atoms with van der Waals surface area (Å²) < 4.78 is 0. The fourth-order valence-corrected chi connectivity index (χ4v) is 5.41. The van der Waals surface area contributed by atoms with E-state index in [9.17, 15) is 4.80 Å². The predicted molar refractivity (Wildman–Crippen MR) is 89.0 cm³/mol. The topological polar surface area (TPSA) is 20.2 Å². The van der Waals surface area contributed by atoms with Crippen LogP contribution in [0.15, 0.2) is 72.3 Å². The van der Waals surface area contributed by atoms with Crippen molar-refractivity contribution in [3.05, 3.63) is 72.3 Å². The molecular formula is C18H22OSi. The van der Waals surface area contributed by atoms with Crippen molar-refractivity contribution >= 4 is 18.7 Å². The van der Waals surface area contributed by atoms with Gasteiger partial charge >= 0.3 is 0 Å². The lowest BCUT2D eigenvalue weighted by atomic mass is 10.3. The van der Waals surface area contributed by atoms with Gasteiger partial charge in [-0.15, -0.1) is 0 Å². The van der Waals surface area contributed by atoms with Crippen molar-refractivity contribution in [2.45, 2.75) is 26.3 Å². The summed E-state index contributed by atoms with van der Waals surface area (Å²) in [5.74, 6) is 0. The van der Waals surface area contributed by atoms with Crippen LogP contribution in [0.2, 0.25) is 6.04 Å². The maximum atomic E-state index is 11.4. The van der Waals surface area contributed by atoms with Gasteiger partial charge in [0.15, 0.2) is 0 Å². The Labute approximate surface area is 122 Å². The van der Waals surface area contributed by atoms with Gasteiger partial charge in [0.1, 0.15) is 0 Å². The third kappa shape index (κ3) is 3.47. The molecule has 0 atom stereocenters. The van der Waals surface area contributed by atoms with Crippen molar-refractivity contribution in [3.8, 4) is 0 Å². The predicted octanol–water partition coefficient (Wildman–Crippen LogP) is 3.09. The Morgan fingerprint density at radius 1 is 0.900 bits per heavy atom. The van der Waals surface area contributed by atoms with E-state index >= 15 is 0 Å². The van der Waals surface area contributed by atoms with Crippen molar-refractivity contribution < 1.29 is 4.80 Å². The van der Waals surface area contributed by atoms with Crippen LogP contribution in [0.1, 0.15) is 20.3 Å². The second kappa shape index (κ2) is 6.68. The Bertz CT molecular complexity index is 517. The second-order valence-corrected chi connectivity index (χ2v) is 8.79. The summed E-state index contributed by atoms with van der Waals surface area (Å²) in [6.07, 6.45) is 3.14. The first-order valence-corrected chi connectivity index (χ1v) is 9.25. The molecule has 2 aromatic carbocycles. The minimum atomic E-state index is -2.61. The van der Waals surface area contributed by atoms with E-state index in [1.807, 2.05) is 36.4 Å². The number of rotatable bonds is 5. The molecule has 0 heterocycles. The summed E-state index contributed by atoms with van der Waals surface area (Å²) in [5, 5.41) is 2.18. The molecule has 0 unspecified atom stereocenters. The van der Waals surface area contributed by atoms with Crippen molar-refractivity contribution in [3.63, 3.8) is 0 Å². The minimum absolute atomic E-state index is 0.826. The lowest BCUT2D eigenvalue weighted by molar-refractivity contribution is 0.564. The smallest absolute Gasteiger partial charge is 0.252 e. The Morgan fingerprint density at radius 2 is 1.35 bits per heavy atom. The van der Waals surface area contributed by atoms with Gasteiger partial charge in [0.25, 0.3) is 8.32 Å². The lowest BCUT2D eigenvalue weighted by Gasteiger charge is -2.26. The molecule has 0 fully saturated rings. The van der Waals surface area contributed by atoms with Crippen molar-refractivity contribution in [1.29, 1.82) is 0 Å². The van der Waals surface area contributed by atoms with E-state index in [0.717, 1.165) is 22.8 Å². The Morgan fingerprint density at radius 3 is 1.75 bits per heavy atom. The number of allylic oxidation sites excluding steroid dienone is 2. The van der Waals surface area contributed by atoms with Crippen LogP contribution in [0.3, 0.4) is 0 Å². The third-order valence-electron chi connectivity index (χ3n) is 3.56. The van der Waals surface area contributed by atoms with Crippen LogP contribution in [-0.2, 0) is 0 Å². The molecule has 0 aliphatic heterocycles. The average Bonchev–Trinajstić information content (AvgIpc) is 2.48. The van der Waals surface area contributed by atoms with Gasteiger partial charge in [0, 0.05) is 0 Å². The molecule has 2 aromatic rings. The van der Waals surface area contributed by atoms with E-state index in [-0.39, 0.29) is 0 Å². The molecular weight excluding hydrogens is 260 g/mol. The van der Waals surface area contributed by atoms with Crippen molar-refractivity contribution in [2.24, 2.45) is 0 Å². The highest BCUT2D eigenvalue weighted by Gasteiger charge is 2.34. The molecule has 0 saturated carbocycles. The first-order chi connectivity index (χ1) is 9.63. The maximum absolute atomic E-state index is 11.4.